The van der Waals surface area contributed by atoms with Crippen molar-refractivity contribution >= 4 is 17.3 Å². The van der Waals surface area contributed by atoms with Crippen molar-refractivity contribution in [2.24, 2.45) is 0 Å². The summed E-state index contributed by atoms with van der Waals surface area (Å²) in [5.74, 6) is 0.309. The van der Waals surface area contributed by atoms with Gasteiger partial charge in [0.2, 0.25) is 0 Å². The number of hydrogen-bond acceptors (Lipinski definition) is 2. The van der Waals surface area contributed by atoms with Gasteiger partial charge in [0.05, 0.1) is 6.04 Å². The topological polar surface area (TPSA) is 32.3 Å². The molecule has 18 heavy (non-hydrogen) atoms. The van der Waals surface area contributed by atoms with Gasteiger partial charge in [-0.2, -0.15) is 0 Å². The number of anilines is 1. The van der Waals surface area contributed by atoms with Gasteiger partial charge in [-0.15, -0.1) is 0 Å². The molecule has 2 rings (SSSR count). The number of benzene rings is 2. The number of aromatic hydroxyl groups is 1. The molecular formula is C15H16ClNO. The van der Waals surface area contributed by atoms with Crippen LogP contribution in [0.25, 0.3) is 0 Å². The highest BCUT2D eigenvalue weighted by Crippen LogP contribution is 2.28. The Morgan fingerprint density at radius 3 is 2.56 bits per heavy atom. The molecular weight excluding hydrogens is 246 g/mol. The van der Waals surface area contributed by atoms with Crippen LogP contribution in [0.2, 0.25) is 5.02 Å². The Morgan fingerprint density at radius 2 is 1.89 bits per heavy atom. The van der Waals surface area contributed by atoms with Gasteiger partial charge in [0.1, 0.15) is 5.75 Å². The average molecular weight is 262 g/mol. The molecule has 0 aromatic heterocycles. The van der Waals surface area contributed by atoms with E-state index < -0.39 is 0 Å². The summed E-state index contributed by atoms with van der Waals surface area (Å²) in [5.41, 5.74) is 2.99. The summed E-state index contributed by atoms with van der Waals surface area (Å²) in [7, 11) is 0. The first-order chi connectivity index (χ1) is 8.58. The van der Waals surface area contributed by atoms with Crippen LogP contribution in [0.5, 0.6) is 5.75 Å². The van der Waals surface area contributed by atoms with Gasteiger partial charge in [0.15, 0.2) is 0 Å². The maximum Gasteiger partial charge on any atom is 0.120 e. The second kappa shape index (κ2) is 5.32. The highest BCUT2D eigenvalue weighted by Gasteiger charge is 2.10. The molecule has 0 saturated carbocycles. The molecule has 0 saturated heterocycles. The van der Waals surface area contributed by atoms with Crippen molar-refractivity contribution in [3.8, 4) is 5.75 Å². The van der Waals surface area contributed by atoms with E-state index in [9.17, 15) is 5.11 Å². The molecule has 2 aromatic carbocycles. The molecule has 0 aliphatic heterocycles. The van der Waals surface area contributed by atoms with Crippen molar-refractivity contribution in [2.75, 3.05) is 5.32 Å². The summed E-state index contributed by atoms with van der Waals surface area (Å²) in [6.07, 6.45) is 0. The maximum absolute atomic E-state index is 9.81. The van der Waals surface area contributed by atoms with Crippen molar-refractivity contribution < 1.29 is 5.11 Å². The predicted molar refractivity (Wildman–Crippen MR) is 76.3 cm³/mol. The van der Waals surface area contributed by atoms with Gasteiger partial charge in [0, 0.05) is 16.3 Å². The Balaban J connectivity index is 2.21. The smallest absolute Gasteiger partial charge is 0.120 e. The second-order valence-corrected chi connectivity index (χ2v) is 4.82. The molecule has 0 heterocycles. The van der Waals surface area contributed by atoms with E-state index in [1.807, 2.05) is 50.2 Å². The van der Waals surface area contributed by atoms with Crippen molar-refractivity contribution in [1.82, 2.24) is 0 Å². The lowest BCUT2D eigenvalue weighted by Gasteiger charge is -2.18. The molecule has 1 atom stereocenters. The first-order valence-electron chi connectivity index (χ1n) is 5.88. The van der Waals surface area contributed by atoms with Crippen LogP contribution in [0, 0.1) is 6.92 Å². The van der Waals surface area contributed by atoms with Gasteiger partial charge in [-0.05, 0) is 43.7 Å². The van der Waals surface area contributed by atoms with E-state index in [0.717, 1.165) is 21.8 Å². The van der Waals surface area contributed by atoms with E-state index >= 15 is 0 Å². The van der Waals surface area contributed by atoms with Gasteiger partial charge in [0.25, 0.3) is 0 Å². The number of nitrogens with one attached hydrogen (secondary N) is 1. The Hall–Kier alpha value is -1.67. The molecule has 1 unspecified atom stereocenters. The summed E-state index contributed by atoms with van der Waals surface area (Å²) in [4.78, 5) is 0. The number of halogens is 1. The molecule has 0 bridgehead atoms. The van der Waals surface area contributed by atoms with Crippen molar-refractivity contribution in [2.45, 2.75) is 19.9 Å². The highest BCUT2D eigenvalue weighted by atomic mass is 35.5. The number of rotatable bonds is 3. The van der Waals surface area contributed by atoms with Crippen LogP contribution in [0.4, 0.5) is 5.69 Å². The molecule has 2 nitrogen and oxygen atoms in total. The van der Waals surface area contributed by atoms with Crippen LogP contribution in [0.3, 0.4) is 0 Å². The number of hydrogen-bond donors (Lipinski definition) is 2. The summed E-state index contributed by atoms with van der Waals surface area (Å²) in [6, 6.07) is 13.1. The Morgan fingerprint density at radius 1 is 1.17 bits per heavy atom. The molecule has 94 valence electrons. The monoisotopic (exact) mass is 261 g/mol. The summed E-state index contributed by atoms with van der Waals surface area (Å²) >= 11 is 5.93. The van der Waals surface area contributed by atoms with Gasteiger partial charge in [-0.3, -0.25) is 0 Å². The van der Waals surface area contributed by atoms with E-state index in [1.165, 1.54) is 0 Å². The van der Waals surface area contributed by atoms with E-state index in [0.29, 0.717) is 5.75 Å². The zero-order chi connectivity index (χ0) is 13.1. The second-order valence-electron chi connectivity index (χ2n) is 4.38. The minimum Gasteiger partial charge on any atom is -0.508 e. The van der Waals surface area contributed by atoms with Gasteiger partial charge in [-0.1, -0.05) is 29.8 Å². The highest BCUT2D eigenvalue weighted by molar-refractivity contribution is 6.30. The molecule has 0 radical (unpaired) electrons. The van der Waals surface area contributed by atoms with Crippen molar-refractivity contribution in [3.05, 3.63) is 58.6 Å². The fourth-order valence-corrected chi connectivity index (χ4v) is 2.18. The molecule has 0 spiro atoms. The minimum absolute atomic E-state index is 0.0334. The molecule has 0 fully saturated rings. The summed E-state index contributed by atoms with van der Waals surface area (Å²) in [5, 5.41) is 13.9. The lowest BCUT2D eigenvalue weighted by atomic mass is 10.1. The average Bonchev–Trinajstić information content (AvgIpc) is 2.33. The quantitative estimate of drug-likeness (QED) is 0.851. The van der Waals surface area contributed by atoms with E-state index in [-0.39, 0.29) is 6.04 Å². The van der Waals surface area contributed by atoms with Crippen LogP contribution in [0.15, 0.2) is 42.5 Å². The Kier molecular flexibility index (Phi) is 3.78. The molecule has 3 heteroatoms. The first kappa shape index (κ1) is 12.8. The van der Waals surface area contributed by atoms with Crippen LogP contribution in [-0.4, -0.2) is 5.11 Å². The molecule has 2 N–H and O–H groups in total. The molecule has 0 amide bonds. The number of aryl methyl sites for hydroxylation is 1. The maximum atomic E-state index is 9.81. The van der Waals surface area contributed by atoms with Crippen LogP contribution >= 0.6 is 11.6 Å². The zero-order valence-electron chi connectivity index (χ0n) is 10.4. The molecule has 2 aromatic rings. The first-order valence-corrected chi connectivity index (χ1v) is 6.26. The minimum atomic E-state index is 0.0334. The number of phenols is 1. The largest absolute Gasteiger partial charge is 0.508 e. The SMILES string of the molecule is Cc1cc(Cl)ccc1NC(C)c1ccccc1O. The van der Waals surface area contributed by atoms with Gasteiger partial charge >= 0.3 is 0 Å². The number of phenolic OH excluding ortho intramolecular Hbond substituents is 1. The zero-order valence-corrected chi connectivity index (χ0v) is 11.2. The normalized spacial score (nSPS) is 12.2. The lowest BCUT2D eigenvalue weighted by molar-refractivity contribution is 0.465. The van der Waals surface area contributed by atoms with E-state index in [4.69, 9.17) is 11.6 Å². The Labute approximate surface area is 112 Å². The van der Waals surface area contributed by atoms with Gasteiger partial charge < -0.3 is 10.4 Å². The summed E-state index contributed by atoms with van der Waals surface area (Å²) < 4.78 is 0. The third-order valence-electron chi connectivity index (χ3n) is 2.96. The van der Waals surface area contributed by atoms with Crippen LogP contribution < -0.4 is 5.32 Å². The standard InChI is InChI=1S/C15H16ClNO/c1-10-9-12(16)7-8-14(10)17-11(2)13-5-3-4-6-15(13)18/h3-9,11,17-18H,1-2H3. The van der Waals surface area contributed by atoms with E-state index in [1.54, 1.807) is 6.07 Å². The van der Waals surface area contributed by atoms with Crippen molar-refractivity contribution in [1.29, 1.82) is 0 Å². The van der Waals surface area contributed by atoms with Crippen molar-refractivity contribution in [3.63, 3.8) is 0 Å². The third-order valence-corrected chi connectivity index (χ3v) is 3.20. The fourth-order valence-electron chi connectivity index (χ4n) is 1.95. The van der Waals surface area contributed by atoms with Crippen LogP contribution in [0.1, 0.15) is 24.1 Å². The molecule has 0 aliphatic rings. The Bertz CT molecular complexity index is 554. The predicted octanol–water partition coefficient (Wildman–Crippen LogP) is 4.53. The van der Waals surface area contributed by atoms with E-state index in [2.05, 4.69) is 5.32 Å². The third kappa shape index (κ3) is 2.77. The lowest BCUT2D eigenvalue weighted by Crippen LogP contribution is -2.07. The summed E-state index contributed by atoms with van der Waals surface area (Å²) in [6.45, 7) is 4.02. The fraction of sp³-hybridized carbons (Fsp3) is 0.200. The number of para-hydroxylation sites is 1. The van der Waals surface area contributed by atoms with Crippen LogP contribution in [-0.2, 0) is 0 Å². The van der Waals surface area contributed by atoms with Gasteiger partial charge in [-0.25, -0.2) is 0 Å². The molecule has 0 aliphatic carbocycles.